The van der Waals surface area contributed by atoms with Crippen molar-refractivity contribution in [3.05, 3.63) is 82.5 Å². The van der Waals surface area contributed by atoms with E-state index in [1.165, 1.54) is 10.7 Å². The molecule has 0 aliphatic carbocycles. The average Bonchev–Trinajstić information content (AvgIpc) is 3.13. The maximum Gasteiger partial charge on any atom is 0.281 e. The molecule has 0 atom stereocenters. The van der Waals surface area contributed by atoms with Gasteiger partial charge in [-0.15, -0.1) is 5.10 Å². The van der Waals surface area contributed by atoms with Crippen LogP contribution in [0.1, 0.15) is 5.56 Å². The maximum atomic E-state index is 12.8. The van der Waals surface area contributed by atoms with Crippen molar-refractivity contribution in [1.82, 2.24) is 14.6 Å². The molecular formula is C19H15Cl2N5O2S. The van der Waals surface area contributed by atoms with Crippen molar-refractivity contribution in [1.29, 1.82) is 0 Å². The molecule has 0 radical (unpaired) electrons. The Morgan fingerprint density at radius 2 is 1.76 bits per heavy atom. The number of halogens is 2. The zero-order valence-corrected chi connectivity index (χ0v) is 17.2. The monoisotopic (exact) mass is 447 g/mol. The fourth-order valence-electron chi connectivity index (χ4n) is 2.69. The van der Waals surface area contributed by atoms with E-state index in [9.17, 15) is 8.42 Å². The van der Waals surface area contributed by atoms with Crippen molar-refractivity contribution in [3.8, 4) is 0 Å². The summed E-state index contributed by atoms with van der Waals surface area (Å²) in [6, 6.07) is 17.4. The van der Waals surface area contributed by atoms with Crippen LogP contribution in [-0.4, -0.2) is 23.0 Å². The quantitative estimate of drug-likeness (QED) is 0.455. The predicted octanol–water partition coefficient (Wildman–Crippen LogP) is 4.45. The second-order valence-electron chi connectivity index (χ2n) is 6.16. The SMILES string of the molecule is O=S(=O)(Nc1ccccc1)c1cnc2ccc(NCc3ccc(Cl)c(Cl)c3)nn12. The van der Waals surface area contributed by atoms with Gasteiger partial charge >= 0.3 is 0 Å². The Kier molecular flexibility index (Phi) is 5.31. The molecule has 0 saturated carbocycles. The molecule has 4 rings (SSSR count). The fraction of sp³-hybridized carbons (Fsp3) is 0.0526. The van der Waals surface area contributed by atoms with Gasteiger partial charge in [-0.25, -0.2) is 4.98 Å². The molecule has 2 heterocycles. The van der Waals surface area contributed by atoms with Crippen LogP contribution in [0.3, 0.4) is 0 Å². The molecule has 0 aliphatic rings. The standard InChI is InChI=1S/C19H15Cl2N5O2S/c20-15-7-6-13(10-16(15)21)11-22-17-8-9-18-23-12-19(26(18)24-17)29(27,28)25-14-4-2-1-3-5-14/h1-10,12,25H,11H2,(H,22,24). The van der Waals surface area contributed by atoms with Gasteiger partial charge < -0.3 is 5.32 Å². The van der Waals surface area contributed by atoms with E-state index in [2.05, 4.69) is 20.1 Å². The number of anilines is 2. The van der Waals surface area contributed by atoms with E-state index in [4.69, 9.17) is 23.2 Å². The van der Waals surface area contributed by atoms with E-state index in [1.807, 2.05) is 6.07 Å². The normalized spacial score (nSPS) is 11.5. The molecule has 0 saturated heterocycles. The largest absolute Gasteiger partial charge is 0.365 e. The maximum absolute atomic E-state index is 12.8. The Morgan fingerprint density at radius 3 is 2.52 bits per heavy atom. The summed E-state index contributed by atoms with van der Waals surface area (Å²) < 4.78 is 29.4. The second-order valence-corrected chi connectivity index (χ2v) is 8.60. The van der Waals surface area contributed by atoms with Crippen LogP contribution in [0.5, 0.6) is 0 Å². The third-order valence-corrected chi connectivity index (χ3v) is 6.16. The van der Waals surface area contributed by atoms with E-state index in [0.29, 0.717) is 33.7 Å². The molecule has 10 heteroatoms. The van der Waals surface area contributed by atoms with Crippen molar-refractivity contribution in [2.24, 2.45) is 0 Å². The molecule has 0 fully saturated rings. The molecule has 2 aromatic heterocycles. The summed E-state index contributed by atoms with van der Waals surface area (Å²) in [6.45, 7) is 0.439. The lowest BCUT2D eigenvalue weighted by molar-refractivity contribution is 0.593. The molecule has 0 amide bonds. The van der Waals surface area contributed by atoms with Crippen molar-refractivity contribution < 1.29 is 8.42 Å². The highest BCUT2D eigenvalue weighted by molar-refractivity contribution is 7.92. The van der Waals surface area contributed by atoms with E-state index >= 15 is 0 Å². The van der Waals surface area contributed by atoms with Crippen LogP contribution in [0.25, 0.3) is 5.65 Å². The van der Waals surface area contributed by atoms with Gasteiger partial charge in [0.2, 0.25) is 0 Å². The van der Waals surface area contributed by atoms with E-state index in [0.717, 1.165) is 5.56 Å². The van der Waals surface area contributed by atoms with Crippen molar-refractivity contribution in [3.63, 3.8) is 0 Å². The average molecular weight is 448 g/mol. The van der Waals surface area contributed by atoms with Gasteiger partial charge in [-0.05, 0) is 42.0 Å². The van der Waals surface area contributed by atoms with Gasteiger partial charge in [-0.3, -0.25) is 4.72 Å². The van der Waals surface area contributed by atoms with E-state index < -0.39 is 10.0 Å². The number of hydrogen-bond donors (Lipinski definition) is 2. The first-order chi connectivity index (χ1) is 13.9. The zero-order valence-electron chi connectivity index (χ0n) is 14.9. The van der Waals surface area contributed by atoms with Crippen LogP contribution in [0.2, 0.25) is 10.0 Å². The molecule has 0 bridgehead atoms. The van der Waals surface area contributed by atoms with Crippen molar-refractivity contribution in [2.45, 2.75) is 11.6 Å². The molecule has 0 aliphatic heterocycles. The smallest absolute Gasteiger partial charge is 0.281 e. The van der Waals surface area contributed by atoms with E-state index in [1.54, 1.807) is 54.6 Å². The number of nitrogens with one attached hydrogen (secondary N) is 2. The zero-order chi connectivity index (χ0) is 20.4. The summed E-state index contributed by atoms with van der Waals surface area (Å²) >= 11 is 12.0. The Balaban J connectivity index is 1.59. The van der Waals surface area contributed by atoms with Gasteiger partial charge in [0, 0.05) is 12.2 Å². The fourth-order valence-corrected chi connectivity index (χ4v) is 4.11. The number of sulfonamides is 1. The van der Waals surface area contributed by atoms with Crippen LogP contribution in [0, 0.1) is 0 Å². The highest BCUT2D eigenvalue weighted by Gasteiger charge is 2.20. The van der Waals surface area contributed by atoms with Gasteiger partial charge in [-0.1, -0.05) is 47.5 Å². The van der Waals surface area contributed by atoms with Gasteiger partial charge in [-0.2, -0.15) is 12.9 Å². The minimum absolute atomic E-state index is 0.0606. The summed E-state index contributed by atoms with van der Waals surface area (Å²) in [4.78, 5) is 4.13. The lowest BCUT2D eigenvalue weighted by atomic mass is 10.2. The number of nitrogens with zero attached hydrogens (tertiary/aromatic N) is 3. The minimum Gasteiger partial charge on any atom is -0.365 e. The summed E-state index contributed by atoms with van der Waals surface area (Å²) in [6.07, 6.45) is 1.27. The lowest BCUT2D eigenvalue weighted by Gasteiger charge is -2.09. The van der Waals surface area contributed by atoms with Crippen LogP contribution in [-0.2, 0) is 16.6 Å². The first kappa shape index (κ1) is 19.5. The molecule has 4 aromatic rings. The van der Waals surface area contributed by atoms with Crippen LogP contribution in [0.15, 0.2) is 71.9 Å². The summed E-state index contributed by atoms with van der Waals surface area (Å²) in [5, 5.41) is 8.39. The lowest BCUT2D eigenvalue weighted by Crippen LogP contribution is -2.16. The highest BCUT2D eigenvalue weighted by Crippen LogP contribution is 2.23. The van der Waals surface area contributed by atoms with Gasteiger partial charge in [0.05, 0.1) is 16.2 Å². The topological polar surface area (TPSA) is 88.4 Å². The van der Waals surface area contributed by atoms with Crippen molar-refractivity contribution in [2.75, 3.05) is 10.0 Å². The summed E-state index contributed by atoms with van der Waals surface area (Å²) in [7, 11) is -3.86. The molecule has 0 spiro atoms. The molecule has 29 heavy (non-hydrogen) atoms. The summed E-state index contributed by atoms with van der Waals surface area (Å²) in [5.41, 5.74) is 1.78. The Morgan fingerprint density at radius 1 is 0.966 bits per heavy atom. The van der Waals surface area contributed by atoms with Crippen molar-refractivity contribution >= 4 is 50.4 Å². The first-order valence-corrected chi connectivity index (χ1v) is 10.8. The Labute approximate surface area is 177 Å². The van der Waals surface area contributed by atoms with Gasteiger partial charge in [0.15, 0.2) is 10.7 Å². The summed E-state index contributed by atoms with van der Waals surface area (Å²) in [5.74, 6) is 0.484. The van der Waals surface area contributed by atoms with Crippen LogP contribution >= 0.6 is 23.2 Å². The number of rotatable bonds is 6. The molecule has 0 unspecified atom stereocenters. The highest BCUT2D eigenvalue weighted by atomic mass is 35.5. The third-order valence-electron chi connectivity index (χ3n) is 4.09. The number of benzene rings is 2. The van der Waals surface area contributed by atoms with E-state index in [-0.39, 0.29) is 5.03 Å². The van der Waals surface area contributed by atoms with Crippen LogP contribution < -0.4 is 10.0 Å². The minimum atomic E-state index is -3.86. The molecule has 7 nitrogen and oxygen atoms in total. The van der Waals surface area contributed by atoms with Gasteiger partial charge in [0.25, 0.3) is 10.0 Å². The number of para-hydroxylation sites is 1. The van der Waals surface area contributed by atoms with Crippen LogP contribution in [0.4, 0.5) is 11.5 Å². The predicted molar refractivity (Wildman–Crippen MR) is 114 cm³/mol. The Hall–Kier alpha value is -2.81. The molecule has 2 N–H and O–H groups in total. The van der Waals surface area contributed by atoms with Gasteiger partial charge in [0.1, 0.15) is 5.82 Å². The number of fused-ring (bicyclic) bond motifs is 1. The molecule has 148 valence electrons. The second kappa shape index (κ2) is 7.90. The molecule has 2 aromatic carbocycles. The number of aromatic nitrogens is 3. The Bertz CT molecular complexity index is 1280. The first-order valence-electron chi connectivity index (χ1n) is 8.53. The molecular weight excluding hydrogens is 433 g/mol. The number of hydrogen-bond acceptors (Lipinski definition) is 5. The third kappa shape index (κ3) is 4.29. The number of imidazole rings is 1.